The smallest absolute Gasteiger partial charge is 0.329 e. The van der Waals surface area contributed by atoms with Crippen molar-refractivity contribution in [2.24, 2.45) is 0 Å². The van der Waals surface area contributed by atoms with Crippen LogP contribution in [0.3, 0.4) is 0 Å². The van der Waals surface area contributed by atoms with E-state index < -0.39 is 0 Å². The standard InChI is InChI=1S/C15H2Cl9N3O2/c16-3-1-5(9(20)11(22)7(3)18)28-14-25-13(24)26-15(27-14)29-6-2-4(17)8(19)12(23)10(6)21/h1-2H. The normalized spacial score (nSPS) is 10.9. The van der Waals surface area contributed by atoms with Crippen LogP contribution in [-0.4, -0.2) is 15.0 Å². The van der Waals surface area contributed by atoms with Crippen LogP contribution in [0.25, 0.3) is 0 Å². The number of hydrogen-bond acceptors (Lipinski definition) is 5. The molecule has 0 aliphatic rings. The quantitative estimate of drug-likeness (QED) is 0.229. The highest BCUT2D eigenvalue weighted by molar-refractivity contribution is 6.53. The maximum absolute atomic E-state index is 6.11. The maximum Gasteiger partial charge on any atom is 0.329 e. The van der Waals surface area contributed by atoms with E-state index in [2.05, 4.69) is 15.0 Å². The molecular weight excluding hydrogens is 573 g/mol. The second-order valence-corrected chi connectivity index (χ2v) is 8.39. The molecule has 0 aliphatic heterocycles. The van der Waals surface area contributed by atoms with Gasteiger partial charge in [-0.3, -0.25) is 0 Å². The molecule has 0 N–H and O–H groups in total. The van der Waals surface area contributed by atoms with E-state index in [0.29, 0.717) is 0 Å². The maximum atomic E-state index is 6.11. The number of aromatic nitrogens is 3. The topological polar surface area (TPSA) is 57.1 Å². The van der Waals surface area contributed by atoms with Gasteiger partial charge in [0, 0.05) is 12.1 Å². The molecule has 29 heavy (non-hydrogen) atoms. The number of nitrogens with zero attached hydrogens (tertiary/aromatic N) is 3. The summed E-state index contributed by atoms with van der Waals surface area (Å²) in [5.41, 5.74) is 0. The van der Waals surface area contributed by atoms with Gasteiger partial charge in [-0.15, -0.1) is 4.98 Å². The lowest BCUT2D eigenvalue weighted by Crippen LogP contribution is -2.00. The zero-order valence-electron chi connectivity index (χ0n) is 13.2. The lowest BCUT2D eigenvalue weighted by atomic mass is 10.3. The van der Waals surface area contributed by atoms with E-state index in [9.17, 15) is 0 Å². The second kappa shape index (κ2) is 9.43. The van der Waals surface area contributed by atoms with Gasteiger partial charge in [0.05, 0.1) is 30.1 Å². The van der Waals surface area contributed by atoms with E-state index in [-0.39, 0.29) is 69.0 Å². The Bertz CT molecular complexity index is 1040. The van der Waals surface area contributed by atoms with Gasteiger partial charge in [0.25, 0.3) is 0 Å². The summed E-state index contributed by atoms with van der Waals surface area (Å²) in [5, 5.41) is 0.0292. The molecule has 3 rings (SSSR count). The second-order valence-electron chi connectivity index (χ2n) is 4.97. The molecule has 0 spiro atoms. The molecular formula is C15H2Cl9N3O2. The van der Waals surface area contributed by atoms with Crippen LogP contribution in [0.5, 0.6) is 23.5 Å². The molecule has 152 valence electrons. The fourth-order valence-corrected chi connectivity index (χ4v) is 3.64. The van der Waals surface area contributed by atoms with E-state index in [4.69, 9.17) is 114 Å². The monoisotopic (exact) mass is 571 g/mol. The Morgan fingerprint density at radius 2 is 0.862 bits per heavy atom. The number of benzene rings is 2. The van der Waals surface area contributed by atoms with Gasteiger partial charge in [-0.25, -0.2) is 0 Å². The van der Waals surface area contributed by atoms with Crippen molar-refractivity contribution in [2.45, 2.75) is 0 Å². The van der Waals surface area contributed by atoms with E-state index in [0.717, 1.165) is 0 Å². The van der Waals surface area contributed by atoms with Crippen LogP contribution in [0.1, 0.15) is 0 Å². The molecule has 0 radical (unpaired) electrons. The zero-order valence-corrected chi connectivity index (χ0v) is 20.0. The molecule has 0 atom stereocenters. The SMILES string of the molecule is Clc1nc(Oc2cc(Cl)c(Cl)c(Cl)c2Cl)nc(Oc2cc(Cl)c(Cl)c(Cl)c2Cl)n1. The van der Waals surface area contributed by atoms with Crippen LogP contribution < -0.4 is 9.47 Å². The first-order valence-corrected chi connectivity index (χ1v) is 10.4. The minimum atomic E-state index is -0.279. The molecule has 1 heterocycles. The van der Waals surface area contributed by atoms with Gasteiger partial charge >= 0.3 is 12.0 Å². The predicted octanol–water partition coefficient (Wildman–Crippen LogP) is 9.34. The summed E-state index contributed by atoms with van der Waals surface area (Å²) in [6.45, 7) is 0. The van der Waals surface area contributed by atoms with Crippen molar-refractivity contribution in [2.75, 3.05) is 0 Å². The average molecular weight is 575 g/mol. The number of ether oxygens (including phenoxy) is 2. The molecule has 0 bridgehead atoms. The number of hydrogen-bond donors (Lipinski definition) is 0. The molecule has 14 heteroatoms. The van der Waals surface area contributed by atoms with Crippen molar-refractivity contribution in [3.8, 4) is 23.5 Å². The fraction of sp³-hybridized carbons (Fsp3) is 0. The third-order valence-electron chi connectivity index (χ3n) is 3.11. The van der Waals surface area contributed by atoms with Crippen LogP contribution in [-0.2, 0) is 0 Å². The van der Waals surface area contributed by atoms with Crippen LogP contribution in [0.15, 0.2) is 12.1 Å². The van der Waals surface area contributed by atoms with Gasteiger partial charge in [-0.1, -0.05) is 92.8 Å². The van der Waals surface area contributed by atoms with Crippen molar-refractivity contribution < 1.29 is 9.47 Å². The van der Waals surface area contributed by atoms with Crippen molar-refractivity contribution in [3.63, 3.8) is 0 Å². The Morgan fingerprint density at radius 3 is 1.24 bits per heavy atom. The molecule has 3 aromatic rings. The Morgan fingerprint density at radius 1 is 0.483 bits per heavy atom. The lowest BCUT2D eigenvalue weighted by Gasteiger charge is -2.11. The molecule has 0 unspecified atom stereocenters. The van der Waals surface area contributed by atoms with Gasteiger partial charge in [0.1, 0.15) is 10.0 Å². The van der Waals surface area contributed by atoms with Crippen molar-refractivity contribution in [1.29, 1.82) is 0 Å². The molecule has 1 aromatic heterocycles. The van der Waals surface area contributed by atoms with Gasteiger partial charge in [-0.2, -0.15) is 9.97 Å². The fourth-order valence-electron chi connectivity index (χ4n) is 1.85. The number of rotatable bonds is 4. The largest absolute Gasteiger partial charge is 0.422 e. The highest BCUT2D eigenvalue weighted by Gasteiger charge is 2.19. The highest BCUT2D eigenvalue weighted by Crippen LogP contribution is 2.44. The van der Waals surface area contributed by atoms with Crippen LogP contribution in [0, 0.1) is 0 Å². The summed E-state index contributed by atoms with van der Waals surface area (Å²) >= 11 is 53.9. The van der Waals surface area contributed by atoms with Crippen LogP contribution >= 0.6 is 104 Å². The van der Waals surface area contributed by atoms with Gasteiger partial charge in [-0.05, 0) is 11.6 Å². The van der Waals surface area contributed by atoms with E-state index >= 15 is 0 Å². The average Bonchev–Trinajstić information content (AvgIpc) is 2.66. The van der Waals surface area contributed by atoms with E-state index in [1.807, 2.05) is 0 Å². The summed E-state index contributed by atoms with van der Waals surface area (Å²) in [6, 6.07) is 2.09. The lowest BCUT2D eigenvalue weighted by molar-refractivity contribution is 0.397. The van der Waals surface area contributed by atoms with Crippen molar-refractivity contribution >= 4 is 104 Å². The first-order valence-electron chi connectivity index (χ1n) is 7.01. The van der Waals surface area contributed by atoms with E-state index in [1.165, 1.54) is 12.1 Å². The van der Waals surface area contributed by atoms with Crippen molar-refractivity contribution in [1.82, 2.24) is 15.0 Å². The van der Waals surface area contributed by atoms with E-state index in [1.54, 1.807) is 0 Å². The zero-order chi connectivity index (χ0) is 21.5. The van der Waals surface area contributed by atoms with Gasteiger partial charge in [0.2, 0.25) is 5.28 Å². The molecule has 2 aromatic carbocycles. The van der Waals surface area contributed by atoms with Gasteiger partial charge < -0.3 is 9.47 Å². The third kappa shape index (κ3) is 5.12. The molecule has 0 saturated heterocycles. The first kappa shape index (κ1) is 23.3. The Labute approximate surface area is 208 Å². The predicted molar refractivity (Wildman–Crippen MR) is 118 cm³/mol. The Kier molecular flexibility index (Phi) is 7.58. The first-order chi connectivity index (χ1) is 13.6. The highest BCUT2D eigenvalue weighted by atomic mass is 35.5. The molecule has 0 aliphatic carbocycles. The minimum Gasteiger partial charge on any atom is -0.422 e. The third-order valence-corrected chi connectivity index (χ3v) is 6.75. The summed E-state index contributed by atoms with van der Waals surface area (Å²) in [6.07, 6.45) is 0. The molecule has 0 amide bonds. The number of halogens is 9. The molecule has 0 fully saturated rings. The Hall–Kier alpha value is -0.340. The molecule has 0 saturated carbocycles. The summed E-state index contributed by atoms with van der Waals surface area (Å²) in [4.78, 5) is 11.6. The summed E-state index contributed by atoms with van der Waals surface area (Å²) < 4.78 is 11.0. The summed E-state index contributed by atoms with van der Waals surface area (Å²) in [7, 11) is 0. The summed E-state index contributed by atoms with van der Waals surface area (Å²) in [5.74, 6) is 0.0461. The Balaban J connectivity index is 1.96. The van der Waals surface area contributed by atoms with Crippen molar-refractivity contribution in [3.05, 3.63) is 57.6 Å². The molecule has 5 nitrogen and oxygen atoms in total. The van der Waals surface area contributed by atoms with Gasteiger partial charge in [0.15, 0.2) is 11.5 Å². The van der Waals surface area contributed by atoms with Crippen LogP contribution in [0.4, 0.5) is 0 Å². The van der Waals surface area contributed by atoms with Crippen LogP contribution in [0.2, 0.25) is 45.5 Å². The minimum absolute atomic E-state index is 0.00955.